The van der Waals surface area contributed by atoms with Gasteiger partial charge in [-0.3, -0.25) is 9.48 Å². The van der Waals surface area contributed by atoms with E-state index in [1.807, 2.05) is 31.5 Å². The number of hydrogen-bond acceptors (Lipinski definition) is 3. The molecule has 4 heteroatoms. The lowest BCUT2D eigenvalue weighted by atomic mass is 9.94. The topological polar surface area (TPSA) is 55.1 Å². The highest BCUT2D eigenvalue weighted by atomic mass is 16.3. The molecule has 0 aliphatic rings. The van der Waals surface area contributed by atoms with E-state index in [1.165, 1.54) is 0 Å². The van der Waals surface area contributed by atoms with Crippen LogP contribution in [-0.4, -0.2) is 26.3 Å². The monoisotopic (exact) mass is 238 g/mol. The number of aryl methyl sites for hydroxylation is 2. The highest BCUT2D eigenvalue weighted by Gasteiger charge is 2.28. The summed E-state index contributed by atoms with van der Waals surface area (Å²) < 4.78 is 1.84. The Bertz CT molecular complexity index is 394. The molecule has 0 saturated carbocycles. The predicted molar refractivity (Wildman–Crippen MR) is 66.9 cm³/mol. The van der Waals surface area contributed by atoms with Crippen molar-refractivity contribution >= 4 is 5.78 Å². The molecule has 1 aromatic rings. The Balaban J connectivity index is 2.87. The van der Waals surface area contributed by atoms with Crippen LogP contribution in [0.1, 0.15) is 45.5 Å². The van der Waals surface area contributed by atoms with Gasteiger partial charge >= 0.3 is 0 Å². The van der Waals surface area contributed by atoms with Gasteiger partial charge in [0.2, 0.25) is 0 Å². The summed E-state index contributed by atoms with van der Waals surface area (Å²) in [6, 6.07) is 1.95. The minimum Gasteiger partial charge on any atom is -0.382 e. The predicted octanol–water partition coefficient (Wildman–Crippen LogP) is 1.74. The number of rotatable bonds is 6. The van der Waals surface area contributed by atoms with Gasteiger partial charge in [0.25, 0.3) is 0 Å². The van der Waals surface area contributed by atoms with Crippen molar-refractivity contribution in [3.05, 3.63) is 17.5 Å². The summed E-state index contributed by atoms with van der Waals surface area (Å²) in [5, 5.41) is 14.3. The van der Waals surface area contributed by atoms with Crippen molar-refractivity contribution < 1.29 is 9.90 Å². The van der Waals surface area contributed by atoms with Crippen LogP contribution in [0.25, 0.3) is 0 Å². The second-order valence-electron chi connectivity index (χ2n) is 4.52. The molecule has 0 bridgehead atoms. The number of carbonyl (C=O) groups is 1. The summed E-state index contributed by atoms with van der Waals surface area (Å²) in [6.07, 6.45) is 1.55. The zero-order valence-corrected chi connectivity index (χ0v) is 11.2. The van der Waals surface area contributed by atoms with E-state index in [0.717, 1.165) is 24.4 Å². The van der Waals surface area contributed by atoms with Gasteiger partial charge < -0.3 is 5.11 Å². The van der Waals surface area contributed by atoms with Crippen molar-refractivity contribution in [3.63, 3.8) is 0 Å². The van der Waals surface area contributed by atoms with Crippen LogP contribution < -0.4 is 0 Å². The first-order chi connectivity index (χ1) is 7.94. The average Bonchev–Trinajstić information content (AvgIpc) is 2.71. The summed E-state index contributed by atoms with van der Waals surface area (Å²) in [6.45, 7) is 8.17. The van der Waals surface area contributed by atoms with Crippen molar-refractivity contribution in [3.8, 4) is 0 Å². The lowest BCUT2D eigenvalue weighted by molar-refractivity contribution is -0.135. The molecular formula is C13H22N2O2. The van der Waals surface area contributed by atoms with Gasteiger partial charge in [0.15, 0.2) is 5.78 Å². The van der Waals surface area contributed by atoms with Gasteiger partial charge in [-0.05, 0) is 32.8 Å². The Morgan fingerprint density at radius 1 is 1.47 bits per heavy atom. The molecule has 0 aromatic carbocycles. The molecule has 4 nitrogen and oxygen atoms in total. The van der Waals surface area contributed by atoms with E-state index >= 15 is 0 Å². The van der Waals surface area contributed by atoms with E-state index in [2.05, 4.69) is 5.10 Å². The normalized spacial score (nSPS) is 14.6. The number of aromatic nitrogens is 2. The van der Waals surface area contributed by atoms with Gasteiger partial charge in [-0.2, -0.15) is 5.10 Å². The molecule has 17 heavy (non-hydrogen) atoms. The van der Waals surface area contributed by atoms with Gasteiger partial charge in [0.1, 0.15) is 5.60 Å². The summed E-state index contributed by atoms with van der Waals surface area (Å²) in [4.78, 5) is 11.9. The molecule has 0 amide bonds. The van der Waals surface area contributed by atoms with Crippen LogP contribution in [0.5, 0.6) is 0 Å². The van der Waals surface area contributed by atoms with E-state index in [0.29, 0.717) is 6.42 Å². The van der Waals surface area contributed by atoms with Crippen molar-refractivity contribution in [2.45, 2.75) is 59.1 Å². The molecule has 0 radical (unpaired) electrons. The lowest BCUT2D eigenvalue weighted by Crippen LogP contribution is -2.35. The molecule has 1 rings (SSSR count). The molecule has 0 spiro atoms. The van der Waals surface area contributed by atoms with Gasteiger partial charge in [-0.1, -0.05) is 13.8 Å². The molecule has 1 heterocycles. The SMILES string of the molecule is CCc1cc(CC(=O)C(C)(O)CC)n(CC)n1. The molecule has 0 fully saturated rings. The minimum atomic E-state index is -1.23. The molecule has 96 valence electrons. The number of ketones is 1. The van der Waals surface area contributed by atoms with Gasteiger partial charge in [-0.25, -0.2) is 0 Å². The number of aliphatic hydroxyl groups is 1. The standard InChI is InChI=1S/C13H22N2O2/c1-5-10-8-11(15(7-3)14-10)9-12(16)13(4,17)6-2/h8,17H,5-7,9H2,1-4H3. The maximum Gasteiger partial charge on any atom is 0.169 e. The van der Waals surface area contributed by atoms with Crippen molar-refractivity contribution in [1.29, 1.82) is 0 Å². The van der Waals surface area contributed by atoms with Gasteiger partial charge in [-0.15, -0.1) is 0 Å². The fraction of sp³-hybridized carbons (Fsp3) is 0.692. The molecule has 1 aromatic heterocycles. The molecule has 1 N–H and O–H groups in total. The van der Waals surface area contributed by atoms with Crippen LogP contribution in [0.2, 0.25) is 0 Å². The Labute approximate surface area is 103 Å². The van der Waals surface area contributed by atoms with E-state index in [-0.39, 0.29) is 12.2 Å². The Morgan fingerprint density at radius 3 is 2.59 bits per heavy atom. The average molecular weight is 238 g/mol. The first-order valence-corrected chi connectivity index (χ1v) is 6.25. The zero-order valence-electron chi connectivity index (χ0n) is 11.2. The maximum atomic E-state index is 11.9. The minimum absolute atomic E-state index is 0.141. The number of hydrogen-bond donors (Lipinski definition) is 1. The molecule has 0 saturated heterocycles. The number of carbonyl (C=O) groups excluding carboxylic acids is 1. The third-order valence-electron chi connectivity index (χ3n) is 3.21. The molecule has 0 aliphatic heterocycles. The summed E-state index contributed by atoms with van der Waals surface area (Å²) >= 11 is 0. The van der Waals surface area contributed by atoms with Crippen LogP contribution >= 0.6 is 0 Å². The third kappa shape index (κ3) is 3.16. The van der Waals surface area contributed by atoms with Crippen LogP contribution in [0.4, 0.5) is 0 Å². The van der Waals surface area contributed by atoms with E-state index in [4.69, 9.17) is 0 Å². The van der Waals surface area contributed by atoms with Crippen molar-refractivity contribution in [2.75, 3.05) is 0 Å². The Kier molecular flexibility index (Phi) is 4.46. The fourth-order valence-corrected chi connectivity index (χ4v) is 1.66. The fourth-order valence-electron chi connectivity index (χ4n) is 1.66. The smallest absolute Gasteiger partial charge is 0.169 e. The third-order valence-corrected chi connectivity index (χ3v) is 3.21. The van der Waals surface area contributed by atoms with E-state index in [9.17, 15) is 9.90 Å². The van der Waals surface area contributed by atoms with Crippen LogP contribution in [0.3, 0.4) is 0 Å². The van der Waals surface area contributed by atoms with Crippen LogP contribution in [-0.2, 0) is 24.2 Å². The Morgan fingerprint density at radius 2 is 2.12 bits per heavy atom. The van der Waals surface area contributed by atoms with Crippen molar-refractivity contribution in [2.24, 2.45) is 0 Å². The highest BCUT2D eigenvalue weighted by molar-refractivity contribution is 5.88. The summed E-state index contributed by atoms with van der Waals surface area (Å²) in [7, 11) is 0. The van der Waals surface area contributed by atoms with Crippen molar-refractivity contribution in [1.82, 2.24) is 9.78 Å². The number of nitrogens with zero attached hydrogens (tertiary/aromatic N) is 2. The van der Waals surface area contributed by atoms with E-state index in [1.54, 1.807) is 6.92 Å². The first-order valence-electron chi connectivity index (χ1n) is 6.25. The van der Waals surface area contributed by atoms with Crippen LogP contribution in [0, 0.1) is 0 Å². The second kappa shape index (κ2) is 5.45. The van der Waals surface area contributed by atoms with Gasteiger partial charge in [0.05, 0.1) is 12.1 Å². The quantitative estimate of drug-likeness (QED) is 0.821. The largest absolute Gasteiger partial charge is 0.382 e. The molecule has 1 atom stereocenters. The maximum absolute atomic E-state index is 11.9. The summed E-state index contributed by atoms with van der Waals surface area (Å²) in [5.41, 5.74) is 0.656. The molecular weight excluding hydrogens is 216 g/mol. The lowest BCUT2D eigenvalue weighted by Gasteiger charge is -2.19. The Hall–Kier alpha value is -1.16. The molecule has 1 unspecified atom stereocenters. The zero-order chi connectivity index (χ0) is 13.1. The second-order valence-corrected chi connectivity index (χ2v) is 4.52. The van der Waals surface area contributed by atoms with E-state index < -0.39 is 5.60 Å². The highest BCUT2D eigenvalue weighted by Crippen LogP contribution is 2.15. The summed E-state index contributed by atoms with van der Waals surface area (Å²) in [5.74, 6) is -0.141. The van der Waals surface area contributed by atoms with Crippen LogP contribution in [0.15, 0.2) is 6.07 Å². The molecule has 0 aliphatic carbocycles. The van der Waals surface area contributed by atoms with Gasteiger partial charge in [0, 0.05) is 12.2 Å². The number of Topliss-reactive ketones (excluding diaryl/α,β-unsaturated/α-hetero) is 1. The first kappa shape index (κ1) is 13.9.